The van der Waals surface area contributed by atoms with Crippen LogP contribution in [0.25, 0.3) is 0 Å². The predicted molar refractivity (Wildman–Crippen MR) is 65.7 cm³/mol. The first-order valence-electron chi connectivity index (χ1n) is 4.96. The maximum absolute atomic E-state index is 12.2. The lowest BCUT2D eigenvalue weighted by atomic mass is 10.1. The second-order valence-electron chi connectivity index (χ2n) is 3.44. The SMILES string of the molecule is Cc1cc(C#CCN)ccc1NS(=O)(=O)C(F)F. The van der Waals surface area contributed by atoms with Crippen molar-refractivity contribution in [1.82, 2.24) is 0 Å². The van der Waals surface area contributed by atoms with Gasteiger partial charge in [0.1, 0.15) is 0 Å². The van der Waals surface area contributed by atoms with Crippen LogP contribution in [0.1, 0.15) is 11.1 Å². The summed E-state index contributed by atoms with van der Waals surface area (Å²) in [5.74, 6) is 1.93. The van der Waals surface area contributed by atoms with E-state index in [1.54, 1.807) is 13.0 Å². The molecule has 0 fully saturated rings. The molecule has 4 nitrogen and oxygen atoms in total. The highest BCUT2D eigenvalue weighted by Crippen LogP contribution is 2.19. The lowest BCUT2D eigenvalue weighted by Gasteiger charge is -2.09. The normalized spacial score (nSPS) is 10.9. The Balaban J connectivity index is 3.00. The van der Waals surface area contributed by atoms with E-state index in [-0.39, 0.29) is 12.2 Å². The zero-order valence-electron chi connectivity index (χ0n) is 9.57. The number of halogens is 2. The Morgan fingerprint density at radius 3 is 2.61 bits per heavy atom. The summed E-state index contributed by atoms with van der Waals surface area (Å²) >= 11 is 0. The Kier molecular flexibility index (Phi) is 4.64. The van der Waals surface area contributed by atoms with E-state index in [9.17, 15) is 17.2 Å². The summed E-state index contributed by atoms with van der Waals surface area (Å²) in [5.41, 5.74) is 6.46. The predicted octanol–water partition coefficient (Wildman–Crippen LogP) is 1.27. The van der Waals surface area contributed by atoms with Crippen molar-refractivity contribution in [1.29, 1.82) is 0 Å². The van der Waals surface area contributed by atoms with Crippen LogP contribution in [-0.4, -0.2) is 20.7 Å². The van der Waals surface area contributed by atoms with Crippen LogP contribution in [0.15, 0.2) is 18.2 Å². The van der Waals surface area contributed by atoms with E-state index in [1.807, 2.05) is 4.72 Å². The van der Waals surface area contributed by atoms with Gasteiger partial charge in [0.15, 0.2) is 0 Å². The molecule has 0 aliphatic rings. The van der Waals surface area contributed by atoms with Gasteiger partial charge in [0, 0.05) is 5.56 Å². The first-order chi connectivity index (χ1) is 8.36. The number of benzene rings is 1. The van der Waals surface area contributed by atoms with Gasteiger partial charge in [0.2, 0.25) is 0 Å². The molecule has 0 atom stereocenters. The molecule has 0 saturated carbocycles. The second-order valence-corrected chi connectivity index (χ2v) is 5.09. The van der Waals surface area contributed by atoms with Gasteiger partial charge in [-0.25, -0.2) is 8.42 Å². The second kappa shape index (κ2) is 5.80. The molecule has 0 radical (unpaired) electrons. The van der Waals surface area contributed by atoms with E-state index in [0.29, 0.717) is 11.1 Å². The van der Waals surface area contributed by atoms with Crippen molar-refractivity contribution < 1.29 is 17.2 Å². The van der Waals surface area contributed by atoms with Crippen molar-refractivity contribution in [2.45, 2.75) is 12.7 Å². The molecular weight excluding hydrogens is 262 g/mol. The number of rotatable bonds is 3. The molecule has 0 saturated heterocycles. The van der Waals surface area contributed by atoms with Crippen LogP contribution in [0.4, 0.5) is 14.5 Å². The van der Waals surface area contributed by atoms with E-state index in [2.05, 4.69) is 11.8 Å². The maximum Gasteiger partial charge on any atom is 0.355 e. The fraction of sp³-hybridized carbons (Fsp3) is 0.273. The number of hydrogen-bond acceptors (Lipinski definition) is 3. The minimum atomic E-state index is -4.64. The minimum Gasteiger partial charge on any atom is -0.320 e. The average molecular weight is 274 g/mol. The highest BCUT2D eigenvalue weighted by molar-refractivity contribution is 7.93. The molecule has 0 heterocycles. The molecule has 7 heteroatoms. The number of nitrogens with one attached hydrogen (secondary N) is 1. The molecule has 98 valence electrons. The van der Waals surface area contributed by atoms with E-state index in [1.165, 1.54) is 12.1 Å². The van der Waals surface area contributed by atoms with Crippen LogP contribution in [0.2, 0.25) is 0 Å². The average Bonchev–Trinajstić information content (AvgIpc) is 2.29. The van der Waals surface area contributed by atoms with Crippen molar-refractivity contribution in [3.8, 4) is 11.8 Å². The number of hydrogen-bond donors (Lipinski definition) is 2. The summed E-state index contributed by atoms with van der Waals surface area (Å²) in [6.07, 6.45) is 0. The molecule has 0 spiro atoms. The third-order valence-electron chi connectivity index (χ3n) is 2.05. The monoisotopic (exact) mass is 274 g/mol. The third-order valence-corrected chi connectivity index (χ3v) is 3.02. The molecule has 3 N–H and O–H groups in total. The molecule has 0 aliphatic carbocycles. The number of nitrogens with two attached hydrogens (primary N) is 1. The van der Waals surface area contributed by atoms with E-state index in [4.69, 9.17) is 5.73 Å². The third kappa shape index (κ3) is 3.68. The van der Waals surface area contributed by atoms with E-state index in [0.717, 1.165) is 0 Å². The fourth-order valence-electron chi connectivity index (χ4n) is 1.21. The van der Waals surface area contributed by atoms with Crippen LogP contribution in [0, 0.1) is 18.8 Å². The van der Waals surface area contributed by atoms with Crippen LogP contribution >= 0.6 is 0 Å². The highest BCUT2D eigenvalue weighted by Gasteiger charge is 2.24. The van der Waals surface area contributed by atoms with Gasteiger partial charge in [0.05, 0.1) is 12.2 Å². The quantitative estimate of drug-likeness (QED) is 0.815. The standard InChI is InChI=1S/C11H12F2N2O2S/c1-8-7-9(3-2-6-14)4-5-10(8)15-18(16,17)11(12)13/h4-5,7,11,15H,6,14H2,1H3. The first kappa shape index (κ1) is 14.4. The van der Waals surface area contributed by atoms with Crippen molar-refractivity contribution in [3.05, 3.63) is 29.3 Å². The van der Waals surface area contributed by atoms with E-state index < -0.39 is 15.8 Å². The molecule has 18 heavy (non-hydrogen) atoms. The number of alkyl halides is 2. The maximum atomic E-state index is 12.2. The lowest BCUT2D eigenvalue weighted by molar-refractivity contribution is 0.236. The first-order valence-corrected chi connectivity index (χ1v) is 6.51. The number of sulfonamides is 1. The molecule has 0 amide bonds. The number of aryl methyl sites for hydroxylation is 1. The Labute approximate surface area is 104 Å². The van der Waals surface area contributed by atoms with Crippen molar-refractivity contribution in [2.75, 3.05) is 11.3 Å². The Hall–Kier alpha value is -1.65. The minimum absolute atomic E-state index is 0.105. The summed E-state index contributed by atoms with van der Waals surface area (Å²) in [5, 5.41) is 0. The van der Waals surface area contributed by atoms with E-state index >= 15 is 0 Å². The molecule has 0 unspecified atom stereocenters. The van der Waals surface area contributed by atoms with Gasteiger partial charge >= 0.3 is 5.76 Å². The largest absolute Gasteiger partial charge is 0.355 e. The zero-order valence-corrected chi connectivity index (χ0v) is 10.4. The molecule has 0 aliphatic heterocycles. The van der Waals surface area contributed by atoms with Crippen molar-refractivity contribution >= 4 is 15.7 Å². The molecule has 0 bridgehead atoms. The molecule has 1 aromatic carbocycles. The topological polar surface area (TPSA) is 72.2 Å². The smallest absolute Gasteiger partial charge is 0.320 e. The highest BCUT2D eigenvalue weighted by atomic mass is 32.2. The summed E-state index contributed by atoms with van der Waals surface area (Å²) in [6.45, 7) is 1.80. The van der Waals surface area contributed by atoms with Gasteiger partial charge in [0.25, 0.3) is 10.0 Å². The Bertz CT molecular complexity index is 589. The summed E-state index contributed by atoms with van der Waals surface area (Å²) in [7, 11) is -4.64. The number of anilines is 1. The van der Waals surface area contributed by atoms with Gasteiger partial charge in [-0.1, -0.05) is 11.8 Å². The molecular formula is C11H12F2N2O2S. The van der Waals surface area contributed by atoms with Crippen molar-refractivity contribution in [2.24, 2.45) is 5.73 Å². The van der Waals surface area contributed by atoms with Crippen LogP contribution in [-0.2, 0) is 10.0 Å². The Morgan fingerprint density at radius 1 is 1.44 bits per heavy atom. The van der Waals surface area contributed by atoms with Gasteiger partial charge in [-0.15, -0.1) is 0 Å². The molecule has 1 rings (SSSR count). The van der Waals surface area contributed by atoms with Gasteiger partial charge in [-0.3, -0.25) is 4.72 Å². The van der Waals surface area contributed by atoms with Crippen LogP contribution in [0.5, 0.6) is 0 Å². The fourth-order valence-corrected chi connectivity index (χ4v) is 1.83. The van der Waals surface area contributed by atoms with Crippen LogP contribution in [0.3, 0.4) is 0 Å². The summed E-state index contributed by atoms with van der Waals surface area (Å²) < 4.78 is 48.2. The van der Waals surface area contributed by atoms with Gasteiger partial charge in [-0.05, 0) is 30.7 Å². The van der Waals surface area contributed by atoms with Crippen LogP contribution < -0.4 is 10.5 Å². The molecule has 1 aromatic rings. The molecule has 0 aromatic heterocycles. The van der Waals surface area contributed by atoms with Gasteiger partial charge < -0.3 is 5.73 Å². The van der Waals surface area contributed by atoms with Gasteiger partial charge in [-0.2, -0.15) is 8.78 Å². The lowest BCUT2D eigenvalue weighted by Crippen LogP contribution is -2.21. The Morgan fingerprint density at radius 2 is 2.11 bits per heavy atom. The summed E-state index contributed by atoms with van der Waals surface area (Å²) in [4.78, 5) is 0. The summed E-state index contributed by atoms with van der Waals surface area (Å²) in [6, 6.07) is 4.50. The zero-order chi connectivity index (χ0) is 13.8. The van der Waals surface area contributed by atoms with Crippen molar-refractivity contribution in [3.63, 3.8) is 0 Å².